The molecule has 0 aliphatic heterocycles. The van der Waals surface area contributed by atoms with E-state index in [0.29, 0.717) is 13.1 Å². The quantitative estimate of drug-likeness (QED) is 0.811. The number of likely N-dealkylation sites (N-methyl/N-ethyl adjacent to an activating group) is 1. The van der Waals surface area contributed by atoms with Crippen LogP contribution in [0.3, 0.4) is 0 Å². The van der Waals surface area contributed by atoms with Crippen LogP contribution < -0.4 is 5.32 Å². The molecule has 1 N–H and O–H groups in total. The molecule has 0 bridgehead atoms. The summed E-state index contributed by atoms with van der Waals surface area (Å²) in [5.41, 5.74) is 0.922. The number of carbonyl (C=O) groups is 1. The lowest BCUT2D eigenvalue weighted by Crippen LogP contribution is -2.41. The zero-order valence-corrected chi connectivity index (χ0v) is 10.8. The highest BCUT2D eigenvalue weighted by Crippen LogP contribution is 2.06. The molecule has 0 unspecified atom stereocenters. The molecule has 0 fully saturated rings. The molecule has 0 saturated heterocycles. The number of carbonyl (C=O) groups excluding carboxylic acids is 1. The van der Waals surface area contributed by atoms with E-state index in [1.54, 1.807) is 6.20 Å². The third-order valence-electron chi connectivity index (χ3n) is 2.53. The van der Waals surface area contributed by atoms with Gasteiger partial charge in [-0.3, -0.25) is 9.78 Å². The van der Waals surface area contributed by atoms with Crippen molar-refractivity contribution in [3.63, 3.8) is 0 Å². The summed E-state index contributed by atoms with van der Waals surface area (Å²) < 4.78 is 0. The van der Waals surface area contributed by atoms with Crippen LogP contribution >= 0.6 is 0 Å². The summed E-state index contributed by atoms with van der Waals surface area (Å²) in [5.74, 6) is 0.118. The van der Waals surface area contributed by atoms with Gasteiger partial charge in [-0.2, -0.15) is 0 Å². The molecule has 4 heteroatoms. The lowest BCUT2D eigenvalue weighted by atomic mass is 10.2. The van der Waals surface area contributed by atoms with E-state index < -0.39 is 0 Å². The Morgan fingerprint density at radius 3 is 2.76 bits per heavy atom. The molecule has 4 nitrogen and oxygen atoms in total. The fourth-order valence-electron chi connectivity index (χ4n) is 1.56. The van der Waals surface area contributed by atoms with Crippen LogP contribution in [0.2, 0.25) is 0 Å². The molecular formula is C13H21N3O. The van der Waals surface area contributed by atoms with Crippen LogP contribution in [-0.4, -0.2) is 34.9 Å². The van der Waals surface area contributed by atoms with Crippen LogP contribution in [0.4, 0.5) is 0 Å². The zero-order valence-electron chi connectivity index (χ0n) is 10.8. The van der Waals surface area contributed by atoms with Crippen molar-refractivity contribution in [3.05, 3.63) is 30.1 Å². The molecule has 94 valence electrons. The average molecular weight is 235 g/mol. The van der Waals surface area contributed by atoms with E-state index in [-0.39, 0.29) is 11.9 Å². The summed E-state index contributed by atoms with van der Waals surface area (Å²) in [6.07, 6.45) is 1.75. The van der Waals surface area contributed by atoms with Gasteiger partial charge in [-0.1, -0.05) is 13.0 Å². The van der Waals surface area contributed by atoms with E-state index in [4.69, 9.17) is 0 Å². The van der Waals surface area contributed by atoms with Crippen molar-refractivity contribution < 1.29 is 4.79 Å². The molecule has 1 aromatic heterocycles. The van der Waals surface area contributed by atoms with Crippen LogP contribution in [0.25, 0.3) is 0 Å². The molecule has 1 rings (SSSR count). The van der Waals surface area contributed by atoms with Crippen LogP contribution in [0.5, 0.6) is 0 Å². The lowest BCUT2D eigenvalue weighted by molar-refractivity contribution is -0.132. The highest BCUT2D eigenvalue weighted by molar-refractivity contribution is 5.78. The van der Waals surface area contributed by atoms with E-state index in [2.05, 4.69) is 10.3 Å². The summed E-state index contributed by atoms with van der Waals surface area (Å²) >= 11 is 0. The van der Waals surface area contributed by atoms with E-state index >= 15 is 0 Å². The van der Waals surface area contributed by atoms with Crippen LogP contribution in [0.15, 0.2) is 24.4 Å². The number of hydrogen-bond acceptors (Lipinski definition) is 3. The third kappa shape index (κ3) is 4.53. The Kier molecular flexibility index (Phi) is 5.63. The van der Waals surface area contributed by atoms with Gasteiger partial charge < -0.3 is 10.2 Å². The van der Waals surface area contributed by atoms with Crippen LogP contribution in [0, 0.1) is 0 Å². The molecule has 0 aliphatic rings. The first-order valence-electron chi connectivity index (χ1n) is 6.05. The van der Waals surface area contributed by atoms with Crippen molar-refractivity contribution in [2.45, 2.75) is 33.4 Å². The lowest BCUT2D eigenvalue weighted by Gasteiger charge is -2.26. The summed E-state index contributed by atoms with van der Waals surface area (Å²) in [7, 11) is 0. The van der Waals surface area contributed by atoms with Crippen molar-refractivity contribution in [1.82, 2.24) is 15.2 Å². The molecule has 1 amide bonds. The van der Waals surface area contributed by atoms with Gasteiger partial charge in [0.05, 0.1) is 18.8 Å². The number of hydrogen-bond donors (Lipinski definition) is 1. The molecule has 0 aromatic carbocycles. The Morgan fingerprint density at radius 2 is 2.24 bits per heavy atom. The molecule has 0 aliphatic carbocycles. The summed E-state index contributed by atoms with van der Waals surface area (Å²) in [6.45, 7) is 7.80. The van der Waals surface area contributed by atoms with Crippen LogP contribution in [-0.2, 0) is 11.3 Å². The third-order valence-corrected chi connectivity index (χ3v) is 2.53. The summed E-state index contributed by atoms with van der Waals surface area (Å²) in [5, 5.41) is 3.06. The number of nitrogens with zero attached hydrogens (tertiary/aromatic N) is 2. The second kappa shape index (κ2) is 7.01. The van der Waals surface area contributed by atoms with Gasteiger partial charge in [-0.05, 0) is 32.5 Å². The van der Waals surface area contributed by atoms with Gasteiger partial charge in [0.25, 0.3) is 0 Å². The Hall–Kier alpha value is -1.42. The number of aromatic nitrogens is 1. The SMILES string of the molecule is CCNCC(=O)N(Cc1ccccn1)C(C)C. The normalized spacial score (nSPS) is 10.6. The van der Waals surface area contributed by atoms with Gasteiger partial charge in [-0.15, -0.1) is 0 Å². The minimum Gasteiger partial charge on any atom is -0.333 e. The predicted molar refractivity (Wildman–Crippen MR) is 68.5 cm³/mol. The number of amides is 1. The second-order valence-electron chi connectivity index (χ2n) is 4.22. The van der Waals surface area contributed by atoms with Crippen molar-refractivity contribution in [2.75, 3.05) is 13.1 Å². The molecule has 17 heavy (non-hydrogen) atoms. The molecular weight excluding hydrogens is 214 g/mol. The van der Waals surface area contributed by atoms with E-state index in [1.807, 2.05) is 43.9 Å². The zero-order chi connectivity index (χ0) is 12.7. The summed E-state index contributed by atoms with van der Waals surface area (Å²) in [4.78, 5) is 18.1. The van der Waals surface area contributed by atoms with Crippen molar-refractivity contribution in [1.29, 1.82) is 0 Å². The van der Waals surface area contributed by atoms with Crippen molar-refractivity contribution >= 4 is 5.91 Å². The Bertz CT molecular complexity index is 338. The van der Waals surface area contributed by atoms with E-state index in [1.165, 1.54) is 0 Å². The second-order valence-corrected chi connectivity index (χ2v) is 4.22. The standard InChI is InChI=1S/C13H21N3O/c1-4-14-9-13(17)16(11(2)3)10-12-7-5-6-8-15-12/h5-8,11,14H,4,9-10H2,1-3H3. The fourth-order valence-corrected chi connectivity index (χ4v) is 1.56. The van der Waals surface area contributed by atoms with Gasteiger partial charge in [0.2, 0.25) is 5.91 Å². The highest BCUT2D eigenvalue weighted by Gasteiger charge is 2.16. The van der Waals surface area contributed by atoms with Gasteiger partial charge in [0.1, 0.15) is 0 Å². The molecule has 0 saturated carbocycles. The van der Waals surface area contributed by atoms with Gasteiger partial charge in [0.15, 0.2) is 0 Å². The molecule has 1 aromatic rings. The minimum atomic E-state index is 0.118. The molecule has 0 radical (unpaired) electrons. The smallest absolute Gasteiger partial charge is 0.237 e. The van der Waals surface area contributed by atoms with Gasteiger partial charge in [0, 0.05) is 12.2 Å². The Morgan fingerprint density at radius 1 is 1.47 bits per heavy atom. The van der Waals surface area contributed by atoms with Crippen LogP contribution in [0.1, 0.15) is 26.5 Å². The first kappa shape index (κ1) is 13.6. The molecule has 1 heterocycles. The number of pyridine rings is 1. The molecule has 0 spiro atoms. The number of rotatable bonds is 6. The maximum absolute atomic E-state index is 12.0. The maximum atomic E-state index is 12.0. The molecule has 0 atom stereocenters. The largest absolute Gasteiger partial charge is 0.333 e. The average Bonchev–Trinajstić information content (AvgIpc) is 2.34. The first-order valence-corrected chi connectivity index (χ1v) is 6.05. The van der Waals surface area contributed by atoms with E-state index in [0.717, 1.165) is 12.2 Å². The first-order chi connectivity index (χ1) is 8.15. The highest BCUT2D eigenvalue weighted by atomic mass is 16.2. The number of nitrogens with one attached hydrogen (secondary N) is 1. The fraction of sp³-hybridized carbons (Fsp3) is 0.538. The monoisotopic (exact) mass is 235 g/mol. The van der Waals surface area contributed by atoms with Crippen molar-refractivity contribution in [3.8, 4) is 0 Å². The Balaban J connectivity index is 2.63. The summed E-state index contributed by atoms with van der Waals surface area (Å²) in [6, 6.07) is 5.94. The predicted octanol–water partition coefficient (Wildman–Crippen LogP) is 1.43. The van der Waals surface area contributed by atoms with E-state index in [9.17, 15) is 4.79 Å². The van der Waals surface area contributed by atoms with Gasteiger partial charge >= 0.3 is 0 Å². The minimum absolute atomic E-state index is 0.118. The topological polar surface area (TPSA) is 45.2 Å². The Labute approximate surface area is 103 Å². The van der Waals surface area contributed by atoms with Crippen molar-refractivity contribution in [2.24, 2.45) is 0 Å². The maximum Gasteiger partial charge on any atom is 0.237 e. The van der Waals surface area contributed by atoms with Gasteiger partial charge in [-0.25, -0.2) is 0 Å².